The fraction of sp³-hybridized carbons (Fsp3) is 0.625. The van der Waals surface area contributed by atoms with Crippen LogP contribution in [0.25, 0.3) is 0 Å². The molecule has 0 aromatic rings. The Labute approximate surface area is 80.7 Å². The molecule has 0 aliphatic carbocycles. The molecule has 1 aliphatic heterocycles. The molecule has 0 saturated carbocycles. The Balaban J connectivity index is 2.61. The average molecular weight is 200 g/mol. The summed E-state index contributed by atoms with van der Waals surface area (Å²) >= 11 is 0. The molecule has 1 heterocycles. The van der Waals surface area contributed by atoms with Gasteiger partial charge in [0.1, 0.15) is 0 Å². The number of hydrogen-bond donors (Lipinski definition) is 2. The number of piperidine rings is 1. The van der Waals surface area contributed by atoms with E-state index in [1.807, 2.05) is 0 Å². The van der Waals surface area contributed by atoms with Crippen molar-refractivity contribution >= 4 is 17.7 Å². The van der Waals surface area contributed by atoms with Crippen LogP contribution in [0.4, 0.5) is 0 Å². The molecule has 3 amide bonds. The maximum atomic E-state index is 11.2. The van der Waals surface area contributed by atoms with Gasteiger partial charge in [-0.2, -0.15) is 0 Å². The first-order valence-corrected chi connectivity index (χ1v) is 4.33. The van der Waals surface area contributed by atoms with E-state index in [0.717, 1.165) is 4.90 Å². The van der Waals surface area contributed by atoms with Crippen LogP contribution in [-0.4, -0.2) is 40.4 Å². The number of rotatable bonds is 3. The highest BCUT2D eigenvalue weighted by Gasteiger charge is 2.28. The Bertz CT molecular complexity index is 261. The van der Waals surface area contributed by atoms with Crippen molar-refractivity contribution in [1.29, 1.82) is 0 Å². The molecule has 0 radical (unpaired) electrons. The first-order valence-electron chi connectivity index (χ1n) is 4.33. The topological polar surface area (TPSA) is 101 Å². The van der Waals surface area contributed by atoms with Gasteiger partial charge in [-0.1, -0.05) is 0 Å². The van der Waals surface area contributed by atoms with Gasteiger partial charge in [-0.15, -0.1) is 0 Å². The second kappa shape index (κ2) is 4.19. The molecule has 0 aromatic heterocycles. The minimum Gasteiger partial charge on any atom is -0.381 e. The Morgan fingerprint density at radius 1 is 1.43 bits per heavy atom. The molecule has 6 heteroatoms. The SMILES string of the molecule is NC(=O)C(O)CN1C(=O)CCCC1=O. The number of β-amino-alcohol motifs (C(OH)–C–C–N with tert-alkyl or cyclic N) is 1. The largest absolute Gasteiger partial charge is 0.381 e. The van der Waals surface area contributed by atoms with Gasteiger partial charge in [0.25, 0.3) is 0 Å². The van der Waals surface area contributed by atoms with Crippen LogP contribution in [0.3, 0.4) is 0 Å². The predicted molar refractivity (Wildman–Crippen MR) is 45.8 cm³/mol. The van der Waals surface area contributed by atoms with Gasteiger partial charge in [-0.05, 0) is 6.42 Å². The summed E-state index contributed by atoms with van der Waals surface area (Å²) in [5.74, 6) is -1.65. The van der Waals surface area contributed by atoms with Gasteiger partial charge < -0.3 is 10.8 Å². The van der Waals surface area contributed by atoms with Gasteiger partial charge in [0, 0.05) is 12.8 Å². The molecule has 1 aliphatic rings. The normalized spacial score (nSPS) is 19.6. The minimum absolute atomic E-state index is 0.275. The van der Waals surface area contributed by atoms with E-state index in [4.69, 9.17) is 10.8 Å². The highest BCUT2D eigenvalue weighted by atomic mass is 16.3. The standard InChI is InChI=1S/C8H12N2O4/c9-8(14)5(11)4-10-6(12)2-1-3-7(10)13/h5,11H,1-4H2,(H2,9,14). The zero-order valence-electron chi connectivity index (χ0n) is 7.60. The molecular formula is C8H12N2O4. The minimum atomic E-state index is -1.47. The van der Waals surface area contributed by atoms with Crippen LogP contribution in [0.2, 0.25) is 0 Å². The number of aliphatic hydroxyl groups is 1. The molecule has 0 spiro atoms. The third-order valence-electron chi connectivity index (χ3n) is 2.07. The van der Waals surface area contributed by atoms with Gasteiger partial charge >= 0.3 is 0 Å². The molecule has 3 N–H and O–H groups in total. The maximum Gasteiger partial charge on any atom is 0.248 e. The summed E-state index contributed by atoms with van der Waals surface area (Å²) in [5, 5.41) is 9.09. The number of nitrogens with two attached hydrogens (primary N) is 1. The molecule has 1 fully saturated rings. The number of likely N-dealkylation sites (tertiary alicyclic amines) is 1. The molecular weight excluding hydrogens is 188 g/mol. The summed E-state index contributed by atoms with van der Waals surface area (Å²) in [6.07, 6.45) is -0.393. The Morgan fingerprint density at radius 2 is 1.93 bits per heavy atom. The number of carbonyl (C=O) groups excluding carboxylic acids is 3. The number of carbonyl (C=O) groups is 3. The third-order valence-corrected chi connectivity index (χ3v) is 2.07. The van der Waals surface area contributed by atoms with Crippen molar-refractivity contribution in [3.63, 3.8) is 0 Å². The highest BCUT2D eigenvalue weighted by Crippen LogP contribution is 2.12. The van der Waals surface area contributed by atoms with E-state index in [1.165, 1.54) is 0 Å². The summed E-state index contributed by atoms with van der Waals surface area (Å²) in [5.41, 5.74) is 4.81. The van der Waals surface area contributed by atoms with Crippen LogP contribution in [0.15, 0.2) is 0 Å². The molecule has 6 nitrogen and oxygen atoms in total. The zero-order valence-corrected chi connectivity index (χ0v) is 7.60. The van der Waals surface area contributed by atoms with Crippen LogP contribution in [-0.2, 0) is 14.4 Å². The van der Waals surface area contributed by atoms with Crippen LogP contribution in [0.5, 0.6) is 0 Å². The van der Waals surface area contributed by atoms with Crippen molar-refractivity contribution in [3.05, 3.63) is 0 Å². The lowest BCUT2D eigenvalue weighted by atomic mass is 10.1. The molecule has 1 saturated heterocycles. The monoisotopic (exact) mass is 200 g/mol. The van der Waals surface area contributed by atoms with Crippen molar-refractivity contribution in [3.8, 4) is 0 Å². The number of nitrogens with zero attached hydrogens (tertiary/aromatic N) is 1. The smallest absolute Gasteiger partial charge is 0.248 e. The van der Waals surface area contributed by atoms with E-state index in [-0.39, 0.29) is 31.2 Å². The second-order valence-corrected chi connectivity index (χ2v) is 3.17. The lowest BCUT2D eigenvalue weighted by molar-refractivity contribution is -0.150. The first-order chi connectivity index (χ1) is 6.52. The lowest BCUT2D eigenvalue weighted by Gasteiger charge is -2.25. The quantitative estimate of drug-likeness (QED) is 0.534. The summed E-state index contributed by atoms with van der Waals surface area (Å²) in [7, 11) is 0. The number of imide groups is 1. The fourth-order valence-electron chi connectivity index (χ4n) is 1.27. The van der Waals surface area contributed by atoms with Gasteiger partial charge in [-0.25, -0.2) is 0 Å². The van der Waals surface area contributed by atoms with E-state index in [9.17, 15) is 14.4 Å². The predicted octanol–water partition coefficient (Wildman–Crippen LogP) is -1.63. The zero-order chi connectivity index (χ0) is 10.7. The summed E-state index contributed by atoms with van der Waals surface area (Å²) in [6, 6.07) is 0. The van der Waals surface area contributed by atoms with Crippen LogP contribution in [0, 0.1) is 0 Å². The lowest BCUT2D eigenvalue weighted by Crippen LogP contribution is -2.47. The maximum absolute atomic E-state index is 11.2. The summed E-state index contributed by atoms with van der Waals surface area (Å²) in [6.45, 7) is -0.326. The Hall–Kier alpha value is -1.43. The number of amides is 3. The average Bonchev–Trinajstić information content (AvgIpc) is 2.11. The van der Waals surface area contributed by atoms with Crippen molar-refractivity contribution in [2.45, 2.75) is 25.4 Å². The van der Waals surface area contributed by atoms with Crippen LogP contribution in [0.1, 0.15) is 19.3 Å². The molecule has 1 rings (SSSR count). The van der Waals surface area contributed by atoms with Gasteiger partial charge in [-0.3, -0.25) is 19.3 Å². The number of aliphatic hydroxyl groups excluding tert-OH is 1. The summed E-state index contributed by atoms with van der Waals surface area (Å²) < 4.78 is 0. The van der Waals surface area contributed by atoms with Crippen molar-refractivity contribution in [1.82, 2.24) is 4.90 Å². The number of primary amides is 1. The van der Waals surface area contributed by atoms with E-state index in [1.54, 1.807) is 0 Å². The second-order valence-electron chi connectivity index (χ2n) is 3.17. The Morgan fingerprint density at radius 3 is 2.36 bits per heavy atom. The molecule has 1 unspecified atom stereocenters. The van der Waals surface area contributed by atoms with E-state index >= 15 is 0 Å². The molecule has 14 heavy (non-hydrogen) atoms. The highest BCUT2D eigenvalue weighted by molar-refractivity contribution is 5.98. The van der Waals surface area contributed by atoms with Gasteiger partial charge in [0.15, 0.2) is 6.10 Å². The fourth-order valence-corrected chi connectivity index (χ4v) is 1.27. The van der Waals surface area contributed by atoms with E-state index < -0.39 is 12.0 Å². The molecule has 0 bridgehead atoms. The third kappa shape index (κ3) is 2.29. The molecule has 1 atom stereocenters. The number of hydrogen-bond acceptors (Lipinski definition) is 4. The summed E-state index contributed by atoms with van der Waals surface area (Å²) in [4.78, 5) is 33.8. The van der Waals surface area contributed by atoms with E-state index in [0.29, 0.717) is 6.42 Å². The molecule has 78 valence electrons. The Kier molecular flexibility index (Phi) is 3.19. The van der Waals surface area contributed by atoms with Crippen molar-refractivity contribution in [2.75, 3.05) is 6.54 Å². The first kappa shape index (κ1) is 10.6. The van der Waals surface area contributed by atoms with Crippen LogP contribution < -0.4 is 5.73 Å². The van der Waals surface area contributed by atoms with E-state index in [2.05, 4.69) is 0 Å². The van der Waals surface area contributed by atoms with Crippen LogP contribution >= 0.6 is 0 Å². The molecule has 0 aromatic carbocycles. The van der Waals surface area contributed by atoms with Gasteiger partial charge in [0.05, 0.1) is 6.54 Å². The van der Waals surface area contributed by atoms with Crippen molar-refractivity contribution < 1.29 is 19.5 Å². The van der Waals surface area contributed by atoms with Crippen molar-refractivity contribution in [2.24, 2.45) is 5.73 Å². The van der Waals surface area contributed by atoms with Gasteiger partial charge in [0.2, 0.25) is 17.7 Å².